The second-order valence-corrected chi connectivity index (χ2v) is 4.38. The van der Waals surface area contributed by atoms with E-state index >= 15 is 0 Å². The highest BCUT2D eigenvalue weighted by Gasteiger charge is 2.13. The number of hydrogen-bond donors (Lipinski definition) is 1. The Balaban J connectivity index is 2.55. The van der Waals surface area contributed by atoms with Gasteiger partial charge in [0.25, 0.3) is 0 Å². The van der Waals surface area contributed by atoms with E-state index in [0.29, 0.717) is 11.3 Å². The smallest absolute Gasteiger partial charge is 0.163 e. The van der Waals surface area contributed by atoms with Crippen LogP contribution < -0.4 is 4.74 Å². The Morgan fingerprint density at radius 2 is 2.00 bits per heavy atom. The molecule has 3 nitrogen and oxygen atoms in total. The van der Waals surface area contributed by atoms with Crippen molar-refractivity contribution in [3.8, 4) is 5.75 Å². The highest BCUT2D eigenvalue weighted by molar-refractivity contribution is 6.03. The molecule has 1 N–H and O–H groups in total. The van der Waals surface area contributed by atoms with E-state index in [-0.39, 0.29) is 12.4 Å². The van der Waals surface area contributed by atoms with Crippen molar-refractivity contribution < 1.29 is 14.6 Å². The first-order chi connectivity index (χ1) is 8.59. The largest absolute Gasteiger partial charge is 0.489 e. The summed E-state index contributed by atoms with van der Waals surface area (Å²) in [5.74, 6) is 0.517. The Morgan fingerprint density at radius 3 is 2.67 bits per heavy atom. The molecule has 0 saturated carbocycles. The van der Waals surface area contributed by atoms with Crippen molar-refractivity contribution in [2.75, 3.05) is 6.61 Å². The standard InChI is InChI=1S/C15H16O3/c1-10(16)9-18-15-13(11(2)17)8-7-12-5-3-4-6-14(12)15/h3-8,10,16H,9H2,1-2H3. The molecule has 2 aromatic rings. The van der Waals surface area contributed by atoms with Crippen molar-refractivity contribution in [2.45, 2.75) is 20.0 Å². The number of aliphatic hydroxyl groups is 1. The fourth-order valence-corrected chi connectivity index (χ4v) is 1.88. The molecule has 2 rings (SSSR count). The third-order valence-electron chi connectivity index (χ3n) is 2.73. The van der Waals surface area contributed by atoms with E-state index in [1.165, 1.54) is 6.92 Å². The molecule has 0 bridgehead atoms. The van der Waals surface area contributed by atoms with E-state index in [9.17, 15) is 9.90 Å². The Kier molecular flexibility index (Phi) is 3.63. The topological polar surface area (TPSA) is 46.5 Å². The maximum atomic E-state index is 11.6. The molecule has 18 heavy (non-hydrogen) atoms. The third kappa shape index (κ3) is 2.51. The predicted octanol–water partition coefficient (Wildman–Crippen LogP) is 2.80. The van der Waals surface area contributed by atoms with E-state index in [1.807, 2.05) is 30.3 Å². The second-order valence-electron chi connectivity index (χ2n) is 4.38. The van der Waals surface area contributed by atoms with E-state index < -0.39 is 6.10 Å². The van der Waals surface area contributed by atoms with E-state index in [4.69, 9.17) is 4.74 Å². The summed E-state index contributed by atoms with van der Waals surface area (Å²) in [7, 11) is 0. The molecule has 0 fully saturated rings. The fourth-order valence-electron chi connectivity index (χ4n) is 1.88. The molecule has 3 heteroatoms. The monoisotopic (exact) mass is 244 g/mol. The number of carbonyl (C=O) groups is 1. The number of ether oxygens (including phenoxy) is 1. The fraction of sp³-hybridized carbons (Fsp3) is 0.267. The molecule has 0 heterocycles. The normalized spacial score (nSPS) is 12.4. The number of rotatable bonds is 4. The van der Waals surface area contributed by atoms with Gasteiger partial charge >= 0.3 is 0 Å². The van der Waals surface area contributed by atoms with Crippen molar-refractivity contribution in [3.63, 3.8) is 0 Å². The first-order valence-electron chi connectivity index (χ1n) is 5.93. The summed E-state index contributed by atoms with van der Waals surface area (Å²) >= 11 is 0. The lowest BCUT2D eigenvalue weighted by Gasteiger charge is -2.14. The van der Waals surface area contributed by atoms with Crippen LogP contribution in [0, 0.1) is 0 Å². The number of carbonyl (C=O) groups excluding carboxylic acids is 1. The van der Waals surface area contributed by atoms with Gasteiger partial charge in [0, 0.05) is 5.39 Å². The molecular formula is C15H16O3. The summed E-state index contributed by atoms with van der Waals surface area (Å²) in [5, 5.41) is 11.2. The minimum Gasteiger partial charge on any atom is -0.489 e. The van der Waals surface area contributed by atoms with E-state index in [1.54, 1.807) is 13.0 Å². The van der Waals surface area contributed by atoms with Gasteiger partial charge in [-0.05, 0) is 25.3 Å². The van der Waals surface area contributed by atoms with Crippen molar-refractivity contribution in [1.82, 2.24) is 0 Å². The molecule has 94 valence electrons. The minimum atomic E-state index is -0.566. The Hall–Kier alpha value is -1.87. The van der Waals surface area contributed by atoms with Gasteiger partial charge in [-0.2, -0.15) is 0 Å². The van der Waals surface area contributed by atoms with Crippen molar-refractivity contribution in [1.29, 1.82) is 0 Å². The summed E-state index contributed by atoms with van der Waals surface area (Å²) in [4.78, 5) is 11.6. The number of fused-ring (bicyclic) bond motifs is 1. The van der Waals surface area contributed by atoms with Gasteiger partial charge < -0.3 is 9.84 Å². The van der Waals surface area contributed by atoms with Crippen LogP contribution in [-0.4, -0.2) is 23.6 Å². The first kappa shape index (κ1) is 12.6. The number of Topliss-reactive ketones (excluding diaryl/α,β-unsaturated/α-hetero) is 1. The van der Waals surface area contributed by atoms with Crippen LogP contribution in [0.3, 0.4) is 0 Å². The maximum absolute atomic E-state index is 11.6. The lowest BCUT2D eigenvalue weighted by molar-refractivity contribution is 0.0997. The zero-order valence-electron chi connectivity index (χ0n) is 10.5. The van der Waals surface area contributed by atoms with Crippen LogP contribution in [0.25, 0.3) is 10.8 Å². The predicted molar refractivity (Wildman–Crippen MR) is 71.1 cm³/mol. The maximum Gasteiger partial charge on any atom is 0.163 e. The van der Waals surface area contributed by atoms with Crippen LogP contribution >= 0.6 is 0 Å². The van der Waals surface area contributed by atoms with Crippen LogP contribution in [0.2, 0.25) is 0 Å². The van der Waals surface area contributed by atoms with Crippen LogP contribution in [-0.2, 0) is 0 Å². The summed E-state index contributed by atoms with van der Waals surface area (Å²) in [6.07, 6.45) is -0.566. The molecular weight excluding hydrogens is 228 g/mol. The highest BCUT2D eigenvalue weighted by atomic mass is 16.5. The molecule has 1 atom stereocenters. The summed E-state index contributed by atoms with van der Waals surface area (Å²) in [6, 6.07) is 11.4. The van der Waals surface area contributed by atoms with Gasteiger partial charge in [-0.1, -0.05) is 30.3 Å². The Labute approximate surface area is 106 Å². The first-order valence-corrected chi connectivity index (χ1v) is 5.93. The molecule has 0 spiro atoms. The van der Waals surface area contributed by atoms with Gasteiger partial charge in [0.2, 0.25) is 0 Å². The molecule has 1 unspecified atom stereocenters. The molecule has 0 aliphatic rings. The zero-order valence-corrected chi connectivity index (χ0v) is 10.5. The van der Waals surface area contributed by atoms with Crippen LogP contribution in [0.1, 0.15) is 24.2 Å². The number of hydrogen-bond acceptors (Lipinski definition) is 3. The van der Waals surface area contributed by atoms with Gasteiger partial charge in [-0.25, -0.2) is 0 Å². The van der Waals surface area contributed by atoms with Gasteiger partial charge in [-0.15, -0.1) is 0 Å². The molecule has 0 aromatic heterocycles. The Bertz CT molecular complexity index is 573. The van der Waals surface area contributed by atoms with Crippen molar-refractivity contribution in [3.05, 3.63) is 42.0 Å². The molecule has 0 aliphatic heterocycles. The van der Waals surface area contributed by atoms with Gasteiger partial charge in [0.1, 0.15) is 12.4 Å². The van der Waals surface area contributed by atoms with Gasteiger partial charge in [-0.3, -0.25) is 4.79 Å². The number of benzene rings is 2. The molecule has 0 saturated heterocycles. The zero-order chi connectivity index (χ0) is 13.1. The highest BCUT2D eigenvalue weighted by Crippen LogP contribution is 2.30. The Morgan fingerprint density at radius 1 is 1.28 bits per heavy atom. The van der Waals surface area contributed by atoms with Crippen LogP contribution in [0.15, 0.2) is 36.4 Å². The molecule has 0 aliphatic carbocycles. The van der Waals surface area contributed by atoms with Gasteiger partial charge in [0.15, 0.2) is 5.78 Å². The minimum absolute atomic E-state index is 0.0404. The average Bonchev–Trinajstić information content (AvgIpc) is 2.35. The van der Waals surface area contributed by atoms with Gasteiger partial charge in [0.05, 0.1) is 11.7 Å². The summed E-state index contributed by atoms with van der Waals surface area (Å²) in [6.45, 7) is 3.34. The van der Waals surface area contributed by atoms with Crippen LogP contribution in [0.4, 0.5) is 0 Å². The van der Waals surface area contributed by atoms with Crippen molar-refractivity contribution in [2.24, 2.45) is 0 Å². The molecule has 0 radical (unpaired) electrons. The number of aliphatic hydroxyl groups excluding tert-OH is 1. The molecule has 0 amide bonds. The van der Waals surface area contributed by atoms with Crippen molar-refractivity contribution >= 4 is 16.6 Å². The van der Waals surface area contributed by atoms with E-state index in [0.717, 1.165) is 10.8 Å². The lowest BCUT2D eigenvalue weighted by atomic mass is 10.0. The average molecular weight is 244 g/mol. The molecule has 2 aromatic carbocycles. The third-order valence-corrected chi connectivity index (χ3v) is 2.73. The summed E-state index contributed by atoms with van der Waals surface area (Å²) < 4.78 is 5.60. The van der Waals surface area contributed by atoms with E-state index in [2.05, 4.69) is 0 Å². The second kappa shape index (κ2) is 5.19. The lowest BCUT2D eigenvalue weighted by Crippen LogP contribution is -2.14. The number of ketones is 1. The van der Waals surface area contributed by atoms with Crippen LogP contribution in [0.5, 0.6) is 5.75 Å². The quantitative estimate of drug-likeness (QED) is 0.841. The SMILES string of the molecule is CC(=O)c1ccc2ccccc2c1OCC(C)O. The summed E-state index contributed by atoms with van der Waals surface area (Å²) in [5.41, 5.74) is 0.550.